The Balaban J connectivity index is 1.60. The average Bonchev–Trinajstić information content (AvgIpc) is 3.16. The molecule has 1 saturated heterocycles. The van der Waals surface area contributed by atoms with E-state index in [-0.39, 0.29) is 22.9 Å². The van der Waals surface area contributed by atoms with Gasteiger partial charge in [-0.3, -0.25) is 4.79 Å². The van der Waals surface area contributed by atoms with Crippen molar-refractivity contribution in [3.63, 3.8) is 0 Å². The first-order valence-electron chi connectivity index (χ1n) is 9.25. The molecule has 28 heavy (non-hydrogen) atoms. The number of nitrogens with zero attached hydrogens (tertiary/aromatic N) is 2. The van der Waals surface area contributed by atoms with Crippen LogP contribution in [0, 0.1) is 5.92 Å². The number of likely N-dealkylation sites (tertiary alicyclic amines) is 1. The number of carbonyl (C=O) groups excluding carboxylic acids is 1. The molecule has 1 aliphatic heterocycles. The van der Waals surface area contributed by atoms with Crippen molar-refractivity contribution in [2.75, 3.05) is 6.54 Å². The first-order valence-corrected chi connectivity index (χ1v) is 10.1. The van der Waals surface area contributed by atoms with Crippen molar-refractivity contribution in [3.8, 4) is 16.3 Å². The van der Waals surface area contributed by atoms with E-state index >= 15 is 0 Å². The summed E-state index contributed by atoms with van der Waals surface area (Å²) in [6.07, 6.45) is 2.62. The maximum Gasteiger partial charge on any atom is 0.573 e. The van der Waals surface area contributed by atoms with Crippen molar-refractivity contribution in [2.24, 2.45) is 5.92 Å². The van der Waals surface area contributed by atoms with Gasteiger partial charge < -0.3 is 9.64 Å². The van der Waals surface area contributed by atoms with E-state index in [1.807, 2.05) is 0 Å². The van der Waals surface area contributed by atoms with Gasteiger partial charge in [-0.2, -0.15) is 0 Å². The lowest BCUT2D eigenvalue weighted by Gasteiger charge is -2.37. The normalized spacial score (nSPS) is 19.8. The van der Waals surface area contributed by atoms with Crippen LogP contribution >= 0.6 is 11.3 Å². The van der Waals surface area contributed by atoms with Gasteiger partial charge in [0.05, 0.1) is 5.56 Å². The lowest BCUT2D eigenvalue weighted by molar-refractivity contribution is -0.274. The Bertz CT molecular complexity index is 907. The lowest BCUT2D eigenvalue weighted by Crippen LogP contribution is -2.39. The highest BCUT2D eigenvalue weighted by Crippen LogP contribution is 2.38. The number of alkyl halides is 3. The zero-order chi connectivity index (χ0) is 19.7. The molecule has 2 aliphatic rings. The van der Waals surface area contributed by atoms with E-state index in [0.717, 1.165) is 49.1 Å². The van der Waals surface area contributed by atoms with Crippen LogP contribution in [0.3, 0.4) is 0 Å². The number of benzene rings is 1. The maximum atomic E-state index is 13.0. The van der Waals surface area contributed by atoms with Crippen molar-refractivity contribution in [1.29, 1.82) is 0 Å². The number of para-hydroxylation sites is 1. The highest BCUT2D eigenvalue weighted by Gasteiger charge is 2.34. The van der Waals surface area contributed by atoms with Crippen LogP contribution in [0.15, 0.2) is 41.4 Å². The summed E-state index contributed by atoms with van der Waals surface area (Å²) in [7, 11) is 0. The number of hydrogen-bond acceptors (Lipinski definition) is 4. The zero-order valence-corrected chi connectivity index (χ0v) is 15.9. The second-order valence-electron chi connectivity index (χ2n) is 6.94. The van der Waals surface area contributed by atoms with Crippen LogP contribution in [-0.2, 0) is 0 Å². The summed E-state index contributed by atoms with van der Waals surface area (Å²) in [5.74, 6) is -0.0867. The average molecular weight is 408 g/mol. The number of rotatable bonds is 3. The molecule has 1 aromatic heterocycles. The first-order chi connectivity index (χ1) is 13.4. The van der Waals surface area contributed by atoms with Gasteiger partial charge >= 0.3 is 6.36 Å². The second-order valence-corrected chi connectivity index (χ2v) is 7.80. The Hall–Kier alpha value is -2.35. The number of carbonyl (C=O) groups is 1. The largest absolute Gasteiger partial charge is 0.573 e. The molecule has 1 aliphatic carbocycles. The van der Waals surface area contributed by atoms with Gasteiger partial charge in [-0.25, -0.2) is 4.98 Å². The van der Waals surface area contributed by atoms with Crippen LogP contribution < -0.4 is 4.74 Å². The van der Waals surface area contributed by atoms with E-state index in [0.29, 0.717) is 17.5 Å². The molecule has 2 aromatic rings. The molecule has 2 heterocycles. The van der Waals surface area contributed by atoms with Gasteiger partial charge in [0.1, 0.15) is 16.5 Å². The predicted molar refractivity (Wildman–Crippen MR) is 99.9 cm³/mol. The summed E-state index contributed by atoms with van der Waals surface area (Å²) >= 11 is 1.14. The van der Waals surface area contributed by atoms with Crippen LogP contribution in [0.5, 0.6) is 5.75 Å². The highest BCUT2D eigenvalue weighted by molar-refractivity contribution is 7.13. The third-order valence-corrected chi connectivity index (χ3v) is 5.96. The van der Waals surface area contributed by atoms with Gasteiger partial charge in [0.2, 0.25) is 0 Å². The summed E-state index contributed by atoms with van der Waals surface area (Å²) in [6, 6.07) is 5.83. The summed E-state index contributed by atoms with van der Waals surface area (Å²) in [4.78, 5) is 19.2. The number of allylic oxidation sites excluding steroid dienone is 2. The molecule has 1 fully saturated rings. The molecule has 4 nitrogen and oxygen atoms in total. The van der Waals surface area contributed by atoms with Gasteiger partial charge in [-0.1, -0.05) is 18.2 Å². The monoisotopic (exact) mass is 408 g/mol. The fourth-order valence-corrected chi connectivity index (χ4v) is 4.71. The molecule has 0 saturated carbocycles. The van der Waals surface area contributed by atoms with Crippen molar-refractivity contribution in [3.05, 3.63) is 47.1 Å². The molecule has 1 aromatic carbocycles. The van der Waals surface area contributed by atoms with E-state index < -0.39 is 6.36 Å². The number of ether oxygens (including phenoxy) is 1. The molecular formula is C20H19F3N2O2S. The van der Waals surface area contributed by atoms with Gasteiger partial charge in [-0.05, 0) is 50.2 Å². The molecule has 0 radical (unpaired) electrons. The minimum Gasteiger partial charge on any atom is -0.405 e. The number of halogens is 3. The zero-order valence-electron chi connectivity index (χ0n) is 15.0. The van der Waals surface area contributed by atoms with Gasteiger partial charge in [0.25, 0.3) is 5.91 Å². The van der Waals surface area contributed by atoms with E-state index in [1.54, 1.807) is 16.3 Å². The smallest absolute Gasteiger partial charge is 0.405 e. The van der Waals surface area contributed by atoms with E-state index in [2.05, 4.69) is 15.8 Å². The molecule has 8 heteroatoms. The maximum absolute atomic E-state index is 13.0. The van der Waals surface area contributed by atoms with Crippen molar-refractivity contribution in [1.82, 2.24) is 9.88 Å². The van der Waals surface area contributed by atoms with E-state index in [1.165, 1.54) is 18.2 Å². The molecule has 1 atom stereocenters. The molecule has 0 spiro atoms. The summed E-state index contributed by atoms with van der Waals surface area (Å²) in [5, 5.41) is 1.93. The van der Waals surface area contributed by atoms with Crippen molar-refractivity contribution in [2.45, 2.75) is 38.5 Å². The third kappa shape index (κ3) is 3.92. The molecule has 1 unspecified atom stereocenters. The molecular weight excluding hydrogens is 389 g/mol. The molecule has 1 amide bonds. The quantitative estimate of drug-likeness (QED) is 0.661. The minimum atomic E-state index is -4.79. The number of hydrogen-bond donors (Lipinski definition) is 0. The second kappa shape index (κ2) is 7.58. The standard InChI is InChI=1S/C20H19F3N2O2S/c21-20(22,23)27-17-10-4-2-8-14(17)18-24-15(12-28-18)19(26)25-11-5-7-13-6-1-3-9-16(13)25/h2,4,8-10,12-13H,1,3,5-7,11H2. The Kier molecular flexibility index (Phi) is 5.14. The number of fused-ring (bicyclic) bond motifs is 1. The Morgan fingerprint density at radius 3 is 2.82 bits per heavy atom. The summed E-state index contributed by atoms with van der Waals surface area (Å²) in [5.41, 5.74) is 1.56. The fraction of sp³-hybridized carbons (Fsp3) is 0.400. The SMILES string of the molecule is O=C(c1csc(-c2ccccc2OC(F)(F)F)n1)N1CCCC2CCCC=C21. The van der Waals surface area contributed by atoms with Gasteiger partial charge in [0, 0.05) is 17.6 Å². The van der Waals surface area contributed by atoms with Crippen molar-refractivity contribution < 1.29 is 22.7 Å². The molecule has 0 bridgehead atoms. The van der Waals surface area contributed by atoms with E-state index in [9.17, 15) is 18.0 Å². The number of thiazole rings is 1. The van der Waals surface area contributed by atoms with Crippen LogP contribution in [0.25, 0.3) is 10.6 Å². The van der Waals surface area contributed by atoms with Gasteiger partial charge in [-0.15, -0.1) is 24.5 Å². The van der Waals surface area contributed by atoms with Crippen LogP contribution in [-0.4, -0.2) is 28.7 Å². The lowest BCUT2D eigenvalue weighted by atomic mass is 9.85. The number of aromatic nitrogens is 1. The molecule has 0 N–H and O–H groups in total. The fourth-order valence-electron chi connectivity index (χ4n) is 3.89. The summed E-state index contributed by atoms with van der Waals surface area (Å²) < 4.78 is 42.1. The van der Waals surface area contributed by atoms with Crippen molar-refractivity contribution >= 4 is 17.2 Å². The first kappa shape index (κ1) is 19.0. The number of amides is 1. The van der Waals surface area contributed by atoms with Crippen LogP contribution in [0.2, 0.25) is 0 Å². The Morgan fingerprint density at radius 2 is 2.00 bits per heavy atom. The van der Waals surface area contributed by atoms with Crippen LogP contribution in [0.1, 0.15) is 42.6 Å². The number of piperidine rings is 1. The molecule has 4 rings (SSSR count). The third-order valence-electron chi connectivity index (χ3n) is 5.09. The van der Waals surface area contributed by atoms with Crippen LogP contribution in [0.4, 0.5) is 13.2 Å². The molecule has 148 valence electrons. The summed E-state index contributed by atoms with van der Waals surface area (Å²) in [6.45, 7) is 0.655. The highest BCUT2D eigenvalue weighted by atomic mass is 32.1. The topological polar surface area (TPSA) is 42.4 Å². The Morgan fingerprint density at radius 1 is 1.21 bits per heavy atom. The van der Waals surface area contributed by atoms with Gasteiger partial charge in [0.15, 0.2) is 0 Å². The predicted octanol–water partition coefficient (Wildman–Crippen LogP) is 5.63. The Labute approximate surface area is 164 Å². The van der Waals surface area contributed by atoms with E-state index in [4.69, 9.17) is 0 Å². The minimum absolute atomic E-state index is 0.186.